The zero-order valence-electron chi connectivity index (χ0n) is 8.71. The van der Waals surface area contributed by atoms with Gasteiger partial charge in [-0.25, -0.2) is 14.6 Å². The minimum Gasteiger partial charge on any atom is -0.375 e. The Hall–Kier alpha value is -1.43. The molecule has 0 unspecified atom stereocenters. The third-order valence-electron chi connectivity index (χ3n) is 2.04. The van der Waals surface area contributed by atoms with Crippen LogP contribution in [0.4, 0.5) is 5.13 Å². The summed E-state index contributed by atoms with van der Waals surface area (Å²) >= 11 is 1.49. The first-order valence-corrected chi connectivity index (χ1v) is 5.57. The van der Waals surface area contributed by atoms with Crippen molar-refractivity contribution in [1.29, 1.82) is 0 Å². The van der Waals surface area contributed by atoms with Crippen molar-refractivity contribution in [3.8, 4) is 0 Å². The van der Waals surface area contributed by atoms with E-state index in [4.69, 9.17) is 5.73 Å². The van der Waals surface area contributed by atoms with Crippen LogP contribution in [0.1, 0.15) is 30.6 Å². The summed E-state index contributed by atoms with van der Waals surface area (Å²) in [7, 11) is 0. The molecular weight excluding hydrogens is 210 g/mol. The molecule has 0 amide bonds. The van der Waals surface area contributed by atoms with Crippen LogP contribution < -0.4 is 5.73 Å². The molecule has 2 heterocycles. The van der Waals surface area contributed by atoms with E-state index in [2.05, 4.69) is 28.9 Å². The Kier molecular flexibility index (Phi) is 2.68. The van der Waals surface area contributed by atoms with E-state index in [1.807, 2.05) is 4.68 Å². The van der Waals surface area contributed by atoms with Crippen molar-refractivity contribution in [2.24, 2.45) is 0 Å². The van der Waals surface area contributed by atoms with E-state index in [9.17, 15) is 0 Å². The second kappa shape index (κ2) is 3.98. The molecule has 2 rings (SSSR count). The van der Waals surface area contributed by atoms with E-state index < -0.39 is 0 Å². The molecule has 0 fully saturated rings. The second-order valence-corrected chi connectivity index (χ2v) is 4.70. The Morgan fingerprint density at radius 2 is 2.27 bits per heavy atom. The largest absolute Gasteiger partial charge is 0.375 e. The highest BCUT2D eigenvalue weighted by atomic mass is 32.1. The quantitative estimate of drug-likeness (QED) is 0.855. The number of aromatic nitrogens is 4. The van der Waals surface area contributed by atoms with Crippen LogP contribution in [0, 0.1) is 0 Å². The van der Waals surface area contributed by atoms with E-state index in [-0.39, 0.29) is 0 Å². The number of anilines is 1. The molecule has 5 nitrogen and oxygen atoms in total. The summed E-state index contributed by atoms with van der Waals surface area (Å²) in [5.41, 5.74) is 5.57. The molecule has 0 saturated carbocycles. The molecule has 80 valence electrons. The van der Waals surface area contributed by atoms with Gasteiger partial charge in [-0.05, 0) is 13.8 Å². The van der Waals surface area contributed by atoms with Gasteiger partial charge in [0.2, 0.25) is 0 Å². The Morgan fingerprint density at radius 1 is 1.47 bits per heavy atom. The van der Waals surface area contributed by atoms with Crippen molar-refractivity contribution < 1.29 is 0 Å². The van der Waals surface area contributed by atoms with E-state index in [1.54, 1.807) is 12.5 Å². The van der Waals surface area contributed by atoms with Crippen molar-refractivity contribution in [1.82, 2.24) is 19.7 Å². The van der Waals surface area contributed by atoms with Crippen molar-refractivity contribution in [2.45, 2.75) is 26.3 Å². The number of nitrogens with two attached hydrogens (primary N) is 1. The Bertz CT molecular complexity index is 445. The van der Waals surface area contributed by atoms with Crippen LogP contribution in [-0.4, -0.2) is 19.7 Å². The highest BCUT2D eigenvalue weighted by molar-refractivity contribution is 7.15. The Labute approximate surface area is 92.0 Å². The number of nitrogen functional groups attached to an aromatic ring is 1. The summed E-state index contributed by atoms with van der Waals surface area (Å²) in [5, 5.41) is 4.77. The molecule has 2 aromatic rings. The fourth-order valence-electron chi connectivity index (χ4n) is 1.39. The highest BCUT2D eigenvalue weighted by Crippen LogP contribution is 2.18. The first kappa shape index (κ1) is 10.1. The summed E-state index contributed by atoms with van der Waals surface area (Å²) in [5.74, 6) is 0.952. The average molecular weight is 223 g/mol. The van der Waals surface area contributed by atoms with Gasteiger partial charge in [-0.3, -0.25) is 0 Å². The molecule has 6 heteroatoms. The maximum atomic E-state index is 5.57. The summed E-state index contributed by atoms with van der Waals surface area (Å²) in [6, 6.07) is 0.327. The van der Waals surface area contributed by atoms with Crippen molar-refractivity contribution in [2.75, 3.05) is 5.73 Å². The fourth-order valence-corrected chi connectivity index (χ4v) is 2.07. The maximum absolute atomic E-state index is 5.57. The van der Waals surface area contributed by atoms with E-state index in [0.29, 0.717) is 11.2 Å². The lowest BCUT2D eigenvalue weighted by Gasteiger charge is -2.07. The summed E-state index contributed by atoms with van der Waals surface area (Å²) in [6.07, 6.45) is 4.12. The lowest BCUT2D eigenvalue weighted by Crippen LogP contribution is -2.08. The number of hydrogen-bond acceptors (Lipinski definition) is 5. The lowest BCUT2D eigenvalue weighted by atomic mass is 10.3. The summed E-state index contributed by atoms with van der Waals surface area (Å²) < 4.78 is 1.91. The topological polar surface area (TPSA) is 69.6 Å². The maximum Gasteiger partial charge on any atom is 0.180 e. The van der Waals surface area contributed by atoms with Crippen LogP contribution in [0.2, 0.25) is 0 Å². The number of thiazole rings is 1. The van der Waals surface area contributed by atoms with Gasteiger partial charge in [0.05, 0.1) is 0 Å². The van der Waals surface area contributed by atoms with Gasteiger partial charge in [0, 0.05) is 23.5 Å². The van der Waals surface area contributed by atoms with Gasteiger partial charge in [0.25, 0.3) is 0 Å². The van der Waals surface area contributed by atoms with Crippen LogP contribution in [0.3, 0.4) is 0 Å². The van der Waals surface area contributed by atoms with E-state index in [1.165, 1.54) is 11.3 Å². The van der Waals surface area contributed by atoms with Gasteiger partial charge in [0.15, 0.2) is 5.13 Å². The van der Waals surface area contributed by atoms with Crippen LogP contribution in [0.5, 0.6) is 0 Å². The van der Waals surface area contributed by atoms with Gasteiger partial charge >= 0.3 is 0 Å². The van der Waals surface area contributed by atoms with Crippen LogP contribution in [0.15, 0.2) is 12.5 Å². The fraction of sp³-hybridized carbons (Fsp3) is 0.444. The van der Waals surface area contributed by atoms with Gasteiger partial charge < -0.3 is 5.73 Å². The SMILES string of the molecule is CC(C)n1ncnc1Cc1cnc(N)s1. The Morgan fingerprint density at radius 3 is 2.87 bits per heavy atom. The molecule has 0 spiro atoms. The molecule has 2 N–H and O–H groups in total. The molecule has 15 heavy (non-hydrogen) atoms. The first-order valence-electron chi connectivity index (χ1n) is 4.75. The summed E-state index contributed by atoms with van der Waals surface area (Å²) in [6.45, 7) is 4.17. The van der Waals surface area contributed by atoms with E-state index >= 15 is 0 Å². The Balaban J connectivity index is 2.20. The minimum atomic E-state index is 0.327. The molecule has 0 saturated heterocycles. The number of nitrogens with zero attached hydrogens (tertiary/aromatic N) is 4. The van der Waals surface area contributed by atoms with Crippen LogP contribution >= 0.6 is 11.3 Å². The normalized spacial score (nSPS) is 11.1. The van der Waals surface area contributed by atoms with Crippen LogP contribution in [-0.2, 0) is 6.42 Å². The minimum absolute atomic E-state index is 0.327. The molecule has 2 aromatic heterocycles. The molecule has 0 atom stereocenters. The monoisotopic (exact) mass is 223 g/mol. The highest BCUT2D eigenvalue weighted by Gasteiger charge is 2.09. The van der Waals surface area contributed by atoms with Crippen molar-refractivity contribution >= 4 is 16.5 Å². The smallest absolute Gasteiger partial charge is 0.180 e. The zero-order valence-corrected chi connectivity index (χ0v) is 9.53. The number of rotatable bonds is 3. The second-order valence-electron chi connectivity index (χ2n) is 3.56. The average Bonchev–Trinajstić information content (AvgIpc) is 2.75. The third kappa shape index (κ3) is 2.15. The van der Waals surface area contributed by atoms with E-state index in [0.717, 1.165) is 17.1 Å². The predicted octanol–water partition coefficient (Wildman–Crippen LogP) is 1.49. The van der Waals surface area contributed by atoms with Gasteiger partial charge in [-0.15, -0.1) is 11.3 Å². The van der Waals surface area contributed by atoms with Gasteiger partial charge in [0.1, 0.15) is 12.2 Å². The number of hydrogen-bond donors (Lipinski definition) is 1. The molecule has 0 radical (unpaired) electrons. The van der Waals surface area contributed by atoms with Crippen molar-refractivity contribution in [3.63, 3.8) is 0 Å². The molecular formula is C9H13N5S. The van der Waals surface area contributed by atoms with Gasteiger partial charge in [-0.1, -0.05) is 0 Å². The lowest BCUT2D eigenvalue weighted by molar-refractivity contribution is 0.510. The van der Waals surface area contributed by atoms with Crippen molar-refractivity contribution in [3.05, 3.63) is 23.2 Å². The van der Waals surface area contributed by atoms with Crippen LogP contribution in [0.25, 0.3) is 0 Å². The van der Waals surface area contributed by atoms with Gasteiger partial charge in [-0.2, -0.15) is 5.10 Å². The predicted molar refractivity (Wildman–Crippen MR) is 59.7 cm³/mol. The molecule has 0 aliphatic rings. The molecule has 0 aliphatic carbocycles. The molecule has 0 bridgehead atoms. The zero-order chi connectivity index (χ0) is 10.8. The first-order chi connectivity index (χ1) is 7.16. The molecule has 0 aliphatic heterocycles. The standard InChI is InChI=1S/C9H13N5S/c1-6(2)14-8(12-5-13-14)3-7-4-11-9(10)15-7/h4-6H,3H2,1-2H3,(H2,10,11). The molecule has 0 aromatic carbocycles. The third-order valence-corrected chi connectivity index (χ3v) is 2.87. The summed E-state index contributed by atoms with van der Waals surface area (Å²) in [4.78, 5) is 9.36.